The molecule has 0 atom stereocenters. The topological polar surface area (TPSA) is 80.1 Å². The third-order valence-corrected chi connectivity index (χ3v) is 4.61. The highest BCUT2D eigenvalue weighted by Gasteiger charge is 2.18. The largest absolute Gasteiger partial charge is 0.329 e. The van der Waals surface area contributed by atoms with Gasteiger partial charge in [0.05, 0.1) is 24.2 Å². The van der Waals surface area contributed by atoms with Gasteiger partial charge in [-0.15, -0.1) is 0 Å². The van der Waals surface area contributed by atoms with Crippen molar-refractivity contribution in [1.29, 1.82) is 0 Å². The van der Waals surface area contributed by atoms with Crippen molar-refractivity contribution in [3.05, 3.63) is 47.8 Å². The van der Waals surface area contributed by atoms with E-state index in [4.69, 9.17) is 0 Å². The van der Waals surface area contributed by atoms with Crippen LogP contribution in [0, 0.1) is 0 Å². The van der Waals surface area contributed by atoms with Gasteiger partial charge in [-0.2, -0.15) is 0 Å². The Hall–Kier alpha value is -1.77. The molecule has 8 heteroatoms. The Kier molecular flexibility index (Phi) is 4.74. The highest BCUT2D eigenvalue weighted by Crippen LogP contribution is 2.13. The van der Waals surface area contributed by atoms with Crippen LogP contribution in [-0.4, -0.2) is 47.2 Å². The molecule has 0 saturated heterocycles. The molecule has 124 valence electrons. The van der Waals surface area contributed by atoms with Crippen molar-refractivity contribution < 1.29 is 8.42 Å². The molecule has 0 radical (unpaired) electrons. The predicted octanol–water partition coefficient (Wildman–Crippen LogP) is 0.386. The molecular weight excluding hydrogens is 314 g/mol. The summed E-state index contributed by atoms with van der Waals surface area (Å²) in [4.78, 5) is 11.2. The van der Waals surface area contributed by atoms with Crippen LogP contribution in [0.5, 0.6) is 0 Å². The maximum absolute atomic E-state index is 11.3. The molecule has 0 unspecified atom stereocenters. The molecule has 0 fully saturated rings. The van der Waals surface area contributed by atoms with Crippen molar-refractivity contribution in [2.24, 2.45) is 0 Å². The van der Waals surface area contributed by atoms with Gasteiger partial charge < -0.3 is 4.57 Å². The first-order chi connectivity index (χ1) is 11.0. The fourth-order valence-electron chi connectivity index (χ4n) is 2.76. The molecular formula is C15H21N5O2S. The lowest BCUT2D eigenvalue weighted by molar-refractivity contribution is 0.267. The Morgan fingerprint density at radius 2 is 2.09 bits per heavy atom. The fourth-order valence-corrected chi connectivity index (χ4v) is 3.17. The van der Waals surface area contributed by atoms with E-state index < -0.39 is 10.0 Å². The van der Waals surface area contributed by atoms with E-state index >= 15 is 0 Å². The number of rotatable bonds is 5. The number of nitrogens with one attached hydrogen (secondary N) is 1. The van der Waals surface area contributed by atoms with E-state index in [1.54, 1.807) is 6.20 Å². The molecule has 0 saturated carbocycles. The van der Waals surface area contributed by atoms with Gasteiger partial charge in [-0.1, -0.05) is 6.07 Å². The van der Waals surface area contributed by atoms with Crippen molar-refractivity contribution in [1.82, 2.24) is 24.2 Å². The summed E-state index contributed by atoms with van der Waals surface area (Å²) in [6.07, 6.45) is 5.60. The van der Waals surface area contributed by atoms with Gasteiger partial charge in [-0.05, 0) is 12.1 Å². The average Bonchev–Trinajstić information content (AvgIpc) is 2.80. The Balaban J connectivity index is 1.65. The number of fused-ring (bicyclic) bond motifs is 1. The summed E-state index contributed by atoms with van der Waals surface area (Å²) in [6.45, 7) is 3.73. The van der Waals surface area contributed by atoms with E-state index in [-0.39, 0.29) is 6.54 Å². The third-order valence-electron chi connectivity index (χ3n) is 3.94. The second kappa shape index (κ2) is 6.77. The fraction of sp³-hybridized carbons (Fsp3) is 0.467. The van der Waals surface area contributed by atoms with Gasteiger partial charge in [0.25, 0.3) is 0 Å². The van der Waals surface area contributed by atoms with Gasteiger partial charge in [-0.3, -0.25) is 9.88 Å². The zero-order valence-electron chi connectivity index (χ0n) is 13.1. The Bertz CT molecular complexity index is 757. The van der Waals surface area contributed by atoms with Crippen molar-refractivity contribution in [3.8, 4) is 0 Å². The highest BCUT2D eigenvalue weighted by molar-refractivity contribution is 7.88. The molecule has 0 bridgehead atoms. The number of hydrogen-bond acceptors (Lipinski definition) is 5. The van der Waals surface area contributed by atoms with Crippen molar-refractivity contribution in [3.63, 3.8) is 0 Å². The lowest BCUT2D eigenvalue weighted by Crippen LogP contribution is -2.27. The van der Waals surface area contributed by atoms with Crippen LogP contribution < -0.4 is 4.72 Å². The number of nitrogens with zero attached hydrogens (tertiary/aromatic N) is 4. The molecule has 0 spiro atoms. The monoisotopic (exact) mass is 335 g/mol. The number of sulfonamides is 1. The number of pyridine rings is 1. The minimum Gasteiger partial charge on any atom is -0.329 e. The van der Waals surface area contributed by atoms with Crippen LogP contribution in [0.4, 0.5) is 0 Å². The van der Waals surface area contributed by atoms with Crippen LogP contribution in [0.15, 0.2) is 30.6 Å². The first-order valence-electron chi connectivity index (χ1n) is 7.61. The summed E-state index contributed by atoms with van der Waals surface area (Å²) < 4.78 is 27.2. The Labute approximate surface area is 136 Å². The normalized spacial score (nSPS) is 16.0. The van der Waals surface area contributed by atoms with E-state index in [0.717, 1.165) is 49.8 Å². The number of imidazole rings is 1. The maximum atomic E-state index is 11.3. The van der Waals surface area contributed by atoms with Gasteiger partial charge in [0, 0.05) is 45.0 Å². The quantitative estimate of drug-likeness (QED) is 0.855. The molecule has 7 nitrogen and oxygen atoms in total. The van der Waals surface area contributed by atoms with E-state index in [9.17, 15) is 8.42 Å². The van der Waals surface area contributed by atoms with Gasteiger partial charge >= 0.3 is 0 Å². The van der Waals surface area contributed by atoms with Crippen LogP contribution in [0.2, 0.25) is 0 Å². The van der Waals surface area contributed by atoms with Gasteiger partial charge in [0.2, 0.25) is 10.0 Å². The maximum Gasteiger partial charge on any atom is 0.209 e. The van der Waals surface area contributed by atoms with Gasteiger partial charge in [0.15, 0.2) is 0 Å². The molecule has 23 heavy (non-hydrogen) atoms. The van der Waals surface area contributed by atoms with Crippen molar-refractivity contribution in [2.45, 2.75) is 26.1 Å². The van der Waals surface area contributed by atoms with E-state index in [1.165, 1.54) is 6.26 Å². The van der Waals surface area contributed by atoms with Crippen LogP contribution >= 0.6 is 0 Å². The molecule has 2 aromatic heterocycles. The van der Waals surface area contributed by atoms with Crippen molar-refractivity contribution in [2.75, 3.05) is 19.3 Å². The SMILES string of the molecule is CS(=O)(=O)NCc1cnc2n1CCN(Cc1ccccn1)CC2. The van der Waals surface area contributed by atoms with Gasteiger partial charge in [0.1, 0.15) is 5.82 Å². The van der Waals surface area contributed by atoms with Crippen LogP contribution in [0.3, 0.4) is 0 Å². The molecule has 0 amide bonds. The first-order valence-corrected chi connectivity index (χ1v) is 9.50. The highest BCUT2D eigenvalue weighted by atomic mass is 32.2. The number of hydrogen-bond donors (Lipinski definition) is 1. The molecule has 3 rings (SSSR count). The van der Waals surface area contributed by atoms with E-state index in [0.29, 0.717) is 0 Å². The van der Waals surface area contributed by atoms with Crippen molar-refractivity contribution >= 4 is 10.0 Å². The summed E-state index contributed by atoms with van der Waals surface area (Å²) in [5.41, 5.74) is 1.97. The minimum atomic E-state index is -3.20. The molecule has 3 heterocycles. The predicted molar refractivity (Wildman–Crippen MR) is 87.1 cm³/mol. The first kappa shape index (κ1) is 16.1. The molecule has 2 aromatic rings. The molecule has 1 aliphatic rings. The second-order valence-corrected chi connectivity index (χ2v) is 7.59. The third kappa shape index (κ3) is 4.37. The molecule has 0 aliphatic carbocycles. The van der Waals surface area contributed by atoms with E-state index in [1.807, 2.05) is 24.4 Å². The lowest BCUT2D eigenvalue weighted by Gasteiger charge is -2.19. The summed E-state index contributed by atoms with van der Waals surface area (Å²) >= 11 is 0. The van der Waals surface area contributed by atoms with E-state index in [2.05, 4.69) is 24.2 Å². The summed E-state index contributed by atoms with van der Waals surface area (Å²) in [6, 6.07) is 5.95. The van der Waals surface area contributed by atoms with Crippen LogP contribution in [0.25, 0.3) is 0 Å². The molecule has 1 N–H and O–H groups in total. The Morgan fingerprint density at radius 3 is 2.83 bits per heavy atom. The second-order valence-electron chi connectivity index (χ2n) is 5.76. The zero-order chi connectivity index (χ0) is 16.3. The van der Waals surface area contributed by atoms with Gasteiger partial charge in [-0.25, -0.2) is 18.1 Å². The molecule has 1 aliphatic heterocycles. The standard InChI is InChI=1S/C15H21N5O2S/c1-23(21,22)18-11-14-10-17-15-5-7-19(8-9-20(14)15)12-13-4-2-3-6-16-13/h2-4,6,10,18H,5,7-9,11-12H2,1H3. The zero-order valence-corrected chi connectivity index (χ0v) is 14.0. The summed E-state index contributed by atoms with van der Waals surface area (Å²) in [7, 11) is -3.20. The molecule has 0 aromatic carbocycles. The van der Waals surface area contributed by atoms with Crippen LogP contribution in [0.1, 0.15) is 17.2 Å². The lowest BCUT2D eigenvalue weighted by atomic mass is 10.3. The minimum absolute atomic E-state index is 0.284. The average molecular weight is 335 g/mol. The van der Waals surface area contributed by atoms with Crippen LogP contribution in [-0.2, 0) is 36.1 Å². The number of aromatic nitrogens is 3. The smallest absolute Gasteiger partial charge is 0.209 e. The summed E-state index contributed by atoms with van der Waals surface area (Å²) in [5, 5.41) is 0. The summed E-state index contributed by atoms with van der Waals surface area (Å²) in [5.74, 6) is 1.01. The Morgan fingerprint density at radius 1 is 1.22 bits per heavy atom.